The molecule has 2 aromatic rings. The van der Waals surface area contributed by atoms with Gasteiger partial charge in [0.25, 0.3) is 0 Å². The van der Waals surface area contributed by atoms with Crippen LogP contribution in [0.5, 0.6) is 0 Å². The second kappa shape index (κ2) is 4.20. The van der Waals surface area contributed by atoms with Crippen LogP contribution in [0.3, 0.4) is 0 Å². The normalized spacial score (nSPS) is 14.9. The van der Waals surface area contributed by atoms with E-state index in [1.165, 1.54) is 5.69 Å². The van der Waals surface area contributed by atoms with Gasteiger partial charge >= 0.3 is 0 Å². The predicted molar refractivity (Wildman–Crippen MR) is 63.9 cm³/mol. The van der Waals surface area contributed by atoms with Crippen LogP contribution in [0.4, 0.5) is 0 Å². The fourth-order valence-corrected chi connectivity index (χ4v) is 2.44. The van der Waals surface area contributed by atoms with Crippen molar-refractivity contribution in [3.05, 3.63) is 42.0 Å². The standard InChI is InChI=1S/C13H15N3O/c17-13-4-1-3-12-11(13)5-8-15(12)9-10-16-7-2-6-14-16/h2,5-8H,1,3-4,9-10H2. The van der Waals surface area contributed by atoms with Crippen LogP contribution in [0.2, 0.25) is 0 Å². The summed E-state index contributed by atoms with van der Waals surface area (Å²) in [6.45, 7) is 1.73. The first kappa shape index (κ1) is 10.3. The Bertz CT molecular complexity index is 525. The fourth-order valence-electron chi connectivity index (χ4n) is 2.44. The average molecular weight is 229 g/mol. The first-order chi connectivity index (χ1) is 8.34. The van der Waals surface area contributed by atoms with Crippen molar-refractivity contribution in [1.29, 1.82) is 0 Å². The van der Waals surface area contributed by atoms with E-state index in [1.54, 1.807) is 6.20 Å². The molecule has 3 rings (SSSR count). The zero-order valence-corrected chi connectivity index (χ0v) is 9.67. The first-order valence-corrected chi connectivity index (χ1v) is 6.03. The molecule has 2 heterocycles. The van der Waals surface area contributed by atoms with Crippen molar-refractivity contribution < 1.29 is 4.79 Å². The minimum atomic E-state index is 0.295. The van der Waals surface area contributed by atoms with Crippen molar-refractivity contribution in [2.24, 2.45) is 0 Å². The Kier molecular flexibility index (Phi) is 2.55. The molecule has 88 valence electrons. The van der Waals surface area contributed by atoms with Gasteiger partial charge in [-0.3, -0.25) is 9.48 Å². The molecule has 1 aliphatic rings. The summed E-state index contributed by atoms with van der Waals surface area (Å²) < 4.78 is 4.10. The van der Waals surface area contributed by atoms with Crippen LogP contribution in [-0.4, -0.2) is 20.1 Å². The van der Waals surface area contributed by atoms with E-state index < -0.39 is 0 Å². The summed E-state index contributed by atoms with van der Waals surface area (Å²) >= 11 is 0. The van der Waals surface area contributed by atoms with Gasteiger partial charge in [0.1, 0.15) is 0 Å². The predicted octanol–water partition coefficient (Wildman–Crippen LogP) is 1.90. The van der Waals surface area contributed by atoms with E-state index in [4.69, 9.17) is 0 Å². The molecule has 0 aromatic carbocycles. The minimum absolute atomic E-state index is 0.295. The number of carbonyl (C=O) groups excluding carboxylic acids is 1. The Morgan fingerprint density at radius 2 is 2.18 bits per heavy atom. The molecule has 0 N–H and O–H groups in total. The summed E-state index contributed by atoms with van der Waals surface area (Å²) in [5.74, 6) is 0.295. The maximum absolute atomic E-state index is 11.7. The largest absolute Gasteiger partial charge is 0.349 e. The van der Waals surface area contributed by atoms with Crippen LogP contribution in [0.25, 0.3) is 0 Å². The smallest absolute Gasteiger partial charge is 0.164 e. The van der Waals surface area contributed by atoms with Crippen LogP contribution >= 0.6 is 0 Å². The Morgan fingerprint density at radius 3 is 3.00 bits per heavy atom. The van der Waals surface area contributed by atoms with E-state index in [9.17, 15) is 4.79 Å². The molecule has 0 aliphatic heterocycles. The summed E-state index contributed by atoms with van der Waals surface area (Å²) in [4.78, 5) is 11.7. The molecular weight excluding hydrogens is 214 g/mol. The number of Topliss-reactive ketones (excluding diaryl/α,β-unsaturated/α-hetero) is 1. The molecule has 0 bridgehead atoms. The molecule has 4 heteroatoms. The van der Waals surface area contributed by atoms with E-state index in [0.29, 0.717) is 12.2 Å². The van der Waals surface area contributed by atoms with Gasteiger partial charge in [0, 0.05) is 42.8 Å². The number of hydrogen-bond donors (Lipinski definition) is 0. The van der Waals surface area contributed by atoms with Gasteiger partial charge in [0.15, 0.2) is 5.78 Å². The number of hydrogen-bond acceptors (Lipinski definition) is 2. The molecule has 17 heavy (non-hydrogen) atoms. The van der Waals surface area contributed by atoms with Gasteiger partial charge in [-0.2, -0.15) is 5.10 Å². The zero-order valence-electron chi connectivity index (χ0n) is 9.67. The number of aryl methyl sites for hydroxylation is 2. The van der Waals surface area contributed by atoms with Crippen molar-refractivity contribution in [3.63, 3.8) is 0 Å². The van der Waals surface area contributed by atoms with Crippen LogP contribution < -0.4 is 0 Å². The van der Waals surface area contributed by atoms with E-state index in [-0.39, 0.29) is 0 Å². The lowest BCUT2D eigenvalue weighted by Gasteiger charge is -2.14. The lowest BCUT2D eigenvalue weighted by atomic mass is 9.97. The Morgan fingerprint density at radius 1 is 1.24 bits per heavy atom. The molecule has 0 fully saturated rings. The molecule has 0 amide bonds. The van der Waals surface area contributed by atoms with E-state index in [0.717, 1.165) is 31.5 Å². The average Bonchev–Trinajstić information content (AvgIpc) is 2.95. The molecular formula is C13H15N3O. The highest BCUT2D eigenvalue weighted by atomic mass is 16.1. The lowest BCUT2D eigenvalue weighted by molar-refractivity contribution is 0.0971. The second-order valence-electron chi connectivity index (χ2n) is 4.42. The number of carbonyl (C=O) groups is 1. The third-order valence-corrected chi connectivity index (χ3v) is 3.33. The molecule has 0 saturated carbocycles. The van der Waals surface area contributed by atoms with E-state index in [1.807, 2.05) is 29.2 Å². The SMILES string of the molecule is O=C1CCCc2c1ccn2CCn1cccn1. The summed E-state index contributed by atoms with van der Waals surface area (Å²) in [6, 6.07) is 3.88. The molecule has 0 saturated heterocycles. The number of ketones is 1. The first-order valence-electron chi connectivity index (χ1n) is 6.03. The van der Waals surface area contributed by atoms with Crippen LogP contribution in [0, 0.1) is 0 Å². The monoisotopic (exact) mass is 229 g/mol. The van der Waals surface area contributed by atoms with Gasteiger partial charge in [-0.1, -0.05) is 0 Å². The molecule has 1 aliphatic carbocycles. The third-order valence-electron chi connectivity index (χ3n) is 3.33. The Balaban J connectivity index is 1.78. The van der Waals surface area contributed by atoms with Crippen LogP contribution in [0.1, 0.15) is 28.9 Å². The van der Waals surface area contributed by atoms with Crippen molar-refractivity contribution in [2.45, 2.75) is 32.4 Å². The molecule has 0 unspecified atom stereocenters. The van der Waals surface area contributed by atoms with Gasteiger partial charge in [-0.25, -0.2) is 0 Å². The van der Waals surface area contributed by atoms with Crippen molar-refractivity contribution in [1.82, 2.24) is 14.3 Å². The number of aromatic nitrogens is 3. The molecule has 4 nitrogen and oxygen atoms in total. The quantitative estimate of drug-likeness (QED) is 0.806. The summed E-state index contributed by atoms with van der Waals surface area (Å²) in [7, 11) is 0. The molecule has 2 aromatic heterocycles. The topological polar surface area (TPSA) is 39.8 Å². The van der Waals surface area contributed by atoms with Gasteiger partial charge in [-0.05, 0) is 25.0 Å². The number of nitrogens with zero attached hydrogens (tertiary/aromatic N) is 3. The highest BCUT2D eigenvalue weighted by Crippen LogP contribution is 2.22. The van der Waals surface area contributed by atoms with Gasteiger partial charge in [-0.15, -0.1) is 0 Å². The van der Waals surface area contributed by atoms with Crippen LogP contribution in [-0.2, 0) is 19.5 Å². The number of fused-ring (bicyclic) bond motifs is 1. The van der Waals surface area contributed by atoms with Crippen molar-refractivity contribution >= 4 is 5.78 Å². The zero-order chi connectivity index (χ0) is 11.7. The van der Waals surface area contributed by atoms with E-state index >= 15 is 0 Å². The summed E-state index contributed by atoms with van der Waals surface area (Å²) in [5, 5.41) is 4.18. The lowest BCUT2D eigenvalue weighted by Crippen LogP contribution is -2.15. The molecule has 0 spiro atoms. The Labute approximate surface area is 99.9 Å². The number of rotatable bonds is 3. The summed E-state index contributed by atoms with van der Waals surface area (Å²) in [5.41, 5.74) is 2.13. The fraction of sp³-hybridized carbons (Fsp3) is 0.385. The van der Waals surface area contributed by atoms with Gasteiger partial charge in [0.05, 0.1) is 6.54 Å². The summed E-state index contributed by atoms with van der Waals surface area (Å²) in [6.07, 6.45) is 8.48. The highest BCUT2D eigenvalue weighted by Gasteiger charge is 2.20. The highest BCUT2D eigenvalue weighted by molar-refractivity contribution is 5.98. The third kappa shape index (κ3) is 1.90. The van der Waals surface area contributed by atoms with Gasteiger partial charge in [0.2, 0.25) is 0 Å². The maximum atomic E-state index is 11.7. The molecule has 0 atom stereocenters. The van der Waals surface area contributed by atoms with E-state index in [2.05, 4.69) is 9.67 Å². The molecule has 0 radical (unpaired) electrons. The van der Waals surface area contributed by atoms with Crippen LogP contribution in [0.15, 0.2) is 30.7 Å². The van der Waals surface area contributed by atoms with Gasteiger partial charge < -0.3 is 4.57 Å². The second-order valence-corrected chi connectivity index (χ2v) is 4.42. The van der Waals surface area contributed by atoms with Crippen molar-refractivity contribution in [3.8, 4) is 0 Å². The maximum Gasteiger partial charge on any atom is 0.164 e. The minimum Gasteiger partial charge on any atom is -0.349 e. The Hall–Kier alpha value is -1.84. The van der Waals surface area contributed by atoms with Crippen molar-refractivity contribution in [2.75, 3.05) is 0 Å².